The third kappa shape index (κ3) is 3.81. The molecule has 0 radical (unpaired) electrons. The van der Waals surface area contributed by atoms with Crippen molar-refractivity contribution in [3.8, 4) is 0 Å². The Hall–Kier alpha value is -1.42. The van der Waals surface area contributed by atoms with Crippen molar-refractivity contribution >= 4 is 11.6 Å². The number of hydrogen-bond donors (Lipinski definition) is 1. The van der Waals surface area contributed by atoms with Crippen molar-refractivity contribution in [1.29, 1.82) is 0 Å². The van der Waals surface area contributed by atoms with Crippen LogP contribution in [0.2, 0.25) is 0 Å². The van der Waals surface area contributed by atoms with E-state index < -0.39 is 5.91 Å². The van der Waals surface area contributed by atoms with Crippen LogP contribution in [0.15, 0.2) is 28.4 Å². The van der Waals surface area contributed by atoms with Crippen LogP contribution in [-0.4, -0.2) is 36.7 Å². The molecule has 0 fully saturated rings. The second-order valence-electron chi connectivity index (χ2n) is 4.92. The monoisotopic (exact) mass is 249 g/mol. The van der Waals surface area contributed by atoms with E-state index in [4.69, 9.17) is 5.73 Å². The Morgan fingerprint density at radius 2 is 2.22 bits per heavy atom. The van der Waals surface area contributed by atoms with Gasteiger partial charge in [-0.1, -0.05) is 19.9 Å². The van der Waals surface area contributed by atoms with Crippen molar-refractivity contribution in [2.75, 3.05) is 20.1 Å². The number of amides is 1. The van der Waals surface area contributed by atoms with Crippen molar-refractivity contribution in [1.82, 2.24) is 4.90 Å². The first kappa shape index (κ1) is 14.6. The highest BCUT2D eigenvalue weighted by Crippen LogP contribution is 2.23. The zero-order valence-corrected chi connectivity index (χ0v) is 11.6. The number of nitrogens with two attached hydrogens (primary N) is 1. The number of rotatable bonds is 7. The fourth-order valence-electron chi connectivity index (χ4n) is 1.98. The summed E-state index contributed by atoms with van der Waals surface area (Å²) in [6.45, 7) is 9.71. The molecule has 100 valence electrons. The van der Waals surface area contributed by atoms with Crippen molar-refractivity contribution in [3.05, 3.63) is 23.4 Å². The lowest BCUT2D eigenvalue weighted by Crippen LogP contribution is -2.24. The highest BCUT2D eigenvalue weighted by Gasteiger charge is 2.22. The first-order valence-corrected chi connectivity index (χ1v) is 6.39. The normalized spacial score (nSPS) is 15.2. The number of hydrogen-bond acceptors (Lipinski definition) is 3. The van der Waals surface area contributed by atoms with E-state index in [1.54, 1.807) is 0 Å². The molecular weight excluding hydrogens is 226 g/mol. The first-order valence-electron chi connectivity index (χ1n) is 6.39. The predicted molar refractivity (Wildman–Crippen MR) is 75.5 cm³/mol. The fourth-order valence-corrected chi connectivity index (χ4v) is 1.98. The lowest BCUT2D eigenvalue weighted by Gasteiger charge is -2.17. The molecule has 0 unspecified atom stereocenters. The average Bonchev–Trinajstić information content (AvgIpc) is 2.70. The maximum Gasteiger partial charge on any atom is 0.267 e. The molecule has 0 aliphatic carbocycles. The molecule has 0 saturated heterocycles. The largest absolute Gasteiger partial charge is 0.364 e. The van der Waals surface area contributed by atoms with Gasteiger partial charge in [0.05, 0.1) is 0 Å². The summed E-state index contributed by atoms with van der Waals surface area (Å²) in [6.07, 6.45) is 3.02. The van der Waals surface area contributed by atoms with Crippen molar-refractivity contribution in [2.24, 2.45) is 10.7 Å². The van der Waals surface area contributed by atoms with Crippen LogP contribution in [0.3, 0.4) is 0 Å². The van der Waals surface area contributed by atoms with Gasteiger partial charge in [0.25, 0.3) is 5.91 Å². The number of carbonyl (C=O) groups excluding carboxylic acids is 1. The third-order valence-corrected chi connectivity index (χ3v) is 3.04. The highest BCUT2D eigenvalue weighted by atomic mass is 16.1. The molecule has 1 aliphatic rings. The minimum atomic E-state index is -0.440. The van der Waals surface area contributed by atoms with Crippen LogP contribution in [0.5, 0.6) is 0 Å². The van der Waals surface area contributed by atoms with Gasteiger partial charge in [0.15, 0.2) is 0 Å². The van der Waals surface area contributed by atoms with E-state index in [9.17, 15) is 4.79 Å². The second-order valence-corrected chi connectivity index (χ2v) is 4.92. The maximum absolute atomic E-state index is 11.4. The van der Waals surface area contributed by atoms with Gasteiger partial charge in [0, 0.05) is 18.7 Å². The van der Waals surface area contributed by atoms with Gasteiger partial charge in [0.1, 0.15) is 5.70 Å². The molecule has 18 heavy (non-hydrogen) atoms. The summed E-state index contributed by atoms with van der Waals surface area (Å²) in [7, 11) is 2.06. The number of carbonyl (C=O) groups is 1. The Balaban J connectivity index is 2.72. The van der Waals surface area contributed by atoms with Crippen LogP contribution in [0.25, 0.3) is 0 Å². The molecule has 0 aromatic heterocycles. The van der Waals surface area contributed by atoms with Gasteiger partial charge in [-0.3, -0.25) is 4.79 Å². The summed E-state index contributed by atoms with van der Waals surface area (Å²) in [4.78, 5) is 17.9. The van der Waals surface area contributed by atoms with Crippen LogP contribution < -0.4 is 5.73 Å². The highest BCUT2D eigenvalue weighted by molar-refractivity contribution is 6.08. The molecule has 4 nitrogen and oxygen atoms in total. The van der Waals surface area contributed by atoms with Crippen LogP contribution in [0.4, 0.5) is 0 Å². The van der Waals surface area contributed by atoms with E-state index in [-0.39, 0.29) is 0 Å². The number of unbranched alkanes of at least 4 members (excludes halogenated alkanes) is 1. The molecule has 1 rings (SSSR count). The van der Waals surface area contributed by atoms with Crippen LogP contribution in [0.1, 0.15) is 33.1 Å². The second kappa shape index (κ2) is 6.50. The van der Waals surface area contributed by atoms with E-state index in [0.717, 1.165) is 36.4 Å². The van der Waals surface area contributed by atoms with E-state index >= 15 is 0 Å². The Bertz CT molecular complexity index is 407. The molecule has 0 atom stereocenters. The Morgan fingerprint density at radius 3 is 2.72 bits per heavy atom. The van der Waals surface area contributed by atoms with Gasteiger partial charge >= 0.3 is 0 Å². The molecule has 0 aromatic rings. The van der Waals surface area contributed by atoms with E-state index in [1.165, 1.54) is 6.42 Å². The van der Waals surface area contributed by atoms with Crippen LogP contribution in [-0.2, 0) is 4.79 Å². The van der Waals surface area contributed by atoms with Gasteiger partial charge < -0.3 is 10.6 Å². The number of likely N-dealkylation sites (N-methyl/N-ethyl adjacent to an activating group) is 1. The van der Waals surface area contributed by atoms with Gasteiger partial charge in [0.2, 0.25) is 0 Å². The number of primary amides is 1. The lowest BCUT2D eigenvalue weighted by molar-refractivity contribution is -0.114. The zero-order valence-electron chi connectivity index (χ0n) is 11.6. The maximum atomic E-state index is 11.4. The average molecular weight is 249 g/mol. The van der Waals surface area contributed by atoms with Crippen molar-refractivity contribution in [2.45, 2.75) is 33.1 Å². The molecule has 4 heteroatoms. The summed E-state index contributed by atoms with van der Waals surface area (Å²) < 4.78 is 0. The fraction of sp³-hybridized carbons (Fsp3) is 0.571. The quantitative estimate of drug-likeness (QED) is 0.749. The van der Waals surface area contributed by atoms with Gasteiger partial charge in [-0.05, 0) is 38.1 Å². The molecule has 1 heterocycles. The minimum Gasteiger partial charge on any atom is -0.364 e. The molecule has 1 aliphatic heterocycles. The van der Waals surface area contributed by atoms with E-state index in [0.29, 0.717) is 12.1 Å². The Labute approximate surface area is 109 Å². The summed E-state index contributed by atoms with van der Waals surface area (Å²) in [5.74, 6) is -0.440. The van der Waals surface area contributed by atoms with E-state index in [2.05, 4.69) is 30.4 Å². The lowest BCUT2D eigenvalue weighted by atomic mass is 10.1. The van der Waals surface area contributed by atoms with Gasteiger partial charge in [-0.15, -0.1) is 0 Å². The van der Waals surface area contributed by atoms with Crippen LogP contribution in [0, 0.1) is 0 Å². The SMILES string of the molecule is C=C(C)C1=NC(C(N)=O)=C(CN(C)CCCC)C1. The van der Waals surface area contributed by atoms with Gasteiger partial charge in [-0.25, -0.2) is 4.99 Å². The zero-order chi connectivity index (χ0) is 13.7. The minimum absolute atomic E-state index is 0.427. The molecular formula is C14H23N3O. The third-order valence-electron chi connectivity index (χ3n) is 3.04. The number of nitrogens with zero attached hydrogens (tertiary/aromatic N) is 2. The molecule has 0 aromatic carbocycles. The van der Waals surface area contributed by atoms with E-state index in [1.807, 2.05) is 6.92 Å². The molecule has 2 N–H and O–H groups in total. The van der Waals surface area contributed by atoms with Gasteiger partial charge in [-0.2, -0.15) is 0 Å². The summed E-state index contributed by atoms with van der Waals surface area (Å²) in [5.41, 5.74) is 8.59. The van der Waals surface area contributed by atoms with Crippen LogP contribution >= 0.6 is 0 Å². The topological polar surface area (TPSA) is 58.7 Å². The smallest absolute Gasteiger partial charge is 0.267 e. The number of aliphatic imine (C=N–C) groups is 1. The predicted octanol–water partition coefficient (Wildman–Crippen LogP) is 1.88. The number of allylic oxidation sites excluding steroid dienone is 1. The summed E-state index contributed by atoms with van der Waals surface area (Å²) in [6, 6.07) is 0. The summed E-state index contributed by atoms with van der Waals surface area (Å²) >= 11 is 0. The standard InChI is InChI=1S/C14H23N3O/c1-5-6-7-17(4)9-11-8-12(10(2)3)16-13(11)14(15)18/h2,5-9H2,1,3-4H3,(H2,15,18). The van der Waals surface area contributed by atoms with Crippen molar-refractivity contribution in [3.63, 3.8) is 0 Å². The first-order chi connectivity index (χ1) is 8.45. The van der Waals surface area contributed by atoms with Crippen molar-refractivity contribution < 1.29 is 4.79 Å². The molecule has 0 spiro atoms. The molecule has 0 bridgehead atoms. The summed E-state index contributed by atoms with van der Waals surface area (Å²) in [5, 5.41) is 0. The molecule has 0 saturated carbocycles. The Morgan fingerprint density at radius 1 is 1.56 bits per heavy atom. The Kier molecular flexibility index (Phi) is 5.28. The molecule has 1 amide bonds.